The maximum Gasteiger partial charge on any atom is 0.307 e. The van der Waals surface area contributed by atoms with Crippen LogP contribution in [0.25, 0.3) is 0 Å². The number of benzene rings is 1. The van der Waals surface area contributed by atoms with Crippen LogP contribution in [0.5, 0.6) is 0 Å². The number of rotatable bonds is 7. The first-order valence-electron chi connectivity index (χ1n) is 7.07. The first-order chi connectivity index (χ1) is 9.90. The van der Waals surface area contributed by atoms with Crippen molar-refractivity contribution in [2.45, 2.75) is 39.3 Å². The monoisotopic (exact) mass is 295 g/mol. The summed E-state index contributed by atoms with van der Waals surface area (Å²) in [4.78, 5) is 11.5. The van der Waals surface area contributed by atoms with Gasteiger partial charge in [-0.3, -0.25) is 4.79 Å². The van der Waals surface area contributed by atoms with Gasteiger partial charge in [0.2, 0.25) is 0 Å². The molecule has 5 nitrogen and oxygen atoms in total. The number of aliphatic hydroxyl groups is 2. The van der Waals surface area contributed by atoms with Gasteiger partial charge in [-0.15, -0.1) is 0 Å². The lowest BCUT2D eigenvalue weighted by Gasteiger charge is -2.26. The summed E-state index contributed by atoms with van der Waals surface area (Å²) in [6, 6.07) is 3.52. The number of hydrogen-bond donors (Lipinski definition) is 3. The fourth-order valence-corrected chi connectivity index (χ4v) is 2.67. The molecule has 0 radical (unpaired) electrons. The highest BCUT2D eigenvalue weighted by atomic mass is 16.5. The first-order valence-corrected chi connectivity index (χ1v) is 7.07. The summed E-state index contributed by atoms with van der Waals surface area (Å²) < 4.78 is 4.67. The normalized spacial score (nSPS) is 13.8. The second-order valence-corrected chi connectivity index (χ2v) is 5.32. The SMILES string of the molecule is COC(=O)CC(NCCO)C(O)c1c(C)cc(C)cc1C. The average molecular weight is 295 g/mol. The molecule has 3 N–H and O–H groups in total. The third-order valence-corrected chi connectivity index (χ3v) is 3.55. The van der Waals surface area contributed by atoms with Gasteiger partial charge in [-0.1, -0.05) is 17.7 Å². The molecule has 21 heavy (non-hydrogen) atoms. The van der Waals surface area contributed by atoms with E-state index in [1.807, 2.05) is 32.9 Å². The predicted octanol–water partition coefficient (Wildman–Crippen LogP) is 1.16. The fraction of sp³-hybridized carbons (Fsp3) is 0.562. The molecule has 0 aromatic heterocycles. The largest absolute Gasteiger partial charge is 0.469 e. The molecule has 2 unspecified atom stereocenters. The topological polar surface area (TPSA) is 78.8 Å². The Bertz CT molecular complexity index is 464. The van der Waals surface area contributed by atoms with E-state index in [1.54, 1.807) is 0 Å². The van der Waals surface area contributed by atoms with Crippen LogP contribution in [0.15, 0.2) is 12.1 Å². The van der Waals surface area contributed by atoms with Gasteiger partial charge >= 0.3 is 5.97 Å². The Morgan fingerprint density at radius 1 is 1.29 bits per heavy atom. The number of carbonyl (C=O) groups is 1. The van der Waals surface area contributed by atoms with E-state index in [0.29, 0.717) is 6.54 Å². The summed E-state index contributed by atoms with van der Waals surface area (Å²) in [6.07, 6.45) is -0.791. The standard InChI is InChI=1S/C16H25NO4/c1-10-7-11(2)15(12(3)8-10)16(20)13(17-5-6-18)9-14(19)21-4/h7-8,13,16-18,20H,5-6,9H2,1-4H3. The van der Waals surface area contributed by atoms with Crippen molar-refractivity contribution >= 4 is 5.97 Å². The third-order valence-electron chi connectivity index (χ3n) is 3.55. The molecule has 0 saturated carbocycles. The predicted molar refractivity (Wildman–Crippen MR) is 81.1 cm³/mol. The number of carbonyl (C=O) groups excluding carboxylic acids is 1. The van der Waals surface area contributed by atoms with Crippen molar-refractivity contribution in [3.8, 4) is 0 Å². The molecular formula is C16H25NO4. The van der Waals surface area contributed by atoms with E-state index in [0.717, 1.165) is 22.3 Å². The summed E-state index contributed by atoms with van der Waals surface area (Å²) in [7, 11) is 1.32. The maximum absolute atomic E-state index is 11.5. The van der Waals surface area contributed by atoms with Crippen molar-refractivity contribution in [3.05, 3.63) is 34.4 Å². The van der Waals surface area contributed by atoms with Gasteiger partial charge in [0.15, 0.2) is 0 Å². The number of hydrogen-bond acceptors (Lipinski definition) is 5. The van der Waals surface area contributed by atoms with Crippen LogP contribution in [-0.2, 0) is 9.53 Å². The molecule has 0 heterocycles. The van der Waals surface area contributed by atoms with E-state index in [4.69, 9.17) is 5.11 Å². The summed E-state index contributed by atoms with van der Waals surface area (Å²) in [5.41, 5.74) is 3.93. The minimum Gasteiger partial charge on any atom is -0.469 e. The van der Waals surface area contributed by atoms with Crippen molar-refractivity contribution in [3.63, 3.8) is 0 Å². The Morgan fingerprint density at radius 3 is 2.33 bits per heavy atom. The Kier molecular flexibility index (Phi) is 6.81. The molecule has 0 bridgehead atoms. The summed E-state index contributed by atoms with van der Waals surface area (Å²) in [5, 5.41) is 22.6. The smallest absolute Gasteiger partial charge is 0.307 e. The van der Waals surface area contributed by atoms with E-state index in [1.165, 1.54) is 7.11 Å². The number of ether oxygens (including phenoxy) is 1. The minimum absolute atomic E-state index is 0.0461. The first kappa shape index (κ1) is 17.6. The second kappa shape index (κ2) is 8.12. The highest BCUT2D eigenvalue weighted by Crippen LogP contribution is 2.27. The molecule has 0 fully saturated rings. The zero-order valence-electron chi connectivity index (χ0n) is 13.1. The van der Waals surface area contributed by atoms with Crippen LogP contribution in [0.2, 0.25) is 0 Å². The van der Waals surface area contributed by atoms with Crippen molar-refractivity contribution in [1.82, 2.24) is 5.32 Å². The van der Waals surface area contributed by atoms with Crippen LogP contribution in [0.1, 0.15) is 34.8 Å². The minimum atomic E-state index is -0.837. The second-order valence-electron chi connectivity index (χ2n) is 5.32. The molecule has 0 aliphatic rings. The van der Waals surface area contributed by atoms with Crippen molar-refractivity contribution in [2.75, 3.05) is 20.3 Å². The number of esters is 1. The average Bonchev–Trinajstić information content (AvgIpc) is 2.41. The Hall–Kier alpha value is -1.43. The summed E-state index contributed by atoms with van der Waals surface area (Å²) in [5.74, 6) is -0.396. The van der Waals surface area contributed by atoms with Crippen molar-refractivity contribution in [1.29, 1.82) is 0 Å². The lowest BCUT2D eigenvalue weighted by atomic mass is 9.91. The van der Waals surface area contributed by atoms with Gasteiger partial charge in [-0.2, -0.15) is 0 Å². The van der Waals surface area contributed by atoms with Gasteiger partial charge in [0.1, 0.15) is 0 Å². The van der Waals surface area contributed by atoms with Gasteiger partial charge in [0, 0.05) is 12.6 Å². The van der Waals surface area contributed by atoms with Crippen LogP contribution in [0.3, 0.4) is 0 Å². The third kappa shape index (κ3) is 4.81. The molecule has 1 aromatic rings. The van der Waals surface area contributed by atoms with Gasteiger partial charge in [-0.25, -0.2) is 0 Å². The Balaban J connectivity index is 3.03. The highest BCUT2D eigenvalue weighted by Gasteiger charge is 2.26. The van der Waals surface area contributed by atoms with E-state index in [9.17, 15) is 9.90 Å². The molecule has 118 valence electrons. The molecule has 5 heteroatoms. The van der Waals surface area contributed by atoms with E-state index in [2.05, 4.69) is 10.1 Å². The number of aryl methyl sites for hydroxylation is 3. The molecule has 0 aliphatic heterocycles. The lowest BCUT2D eigenvalue weighted by molar-refractivity contribution is -0.142. The van der Waals surface area contributed by atoms with Gasteiger partial charge in [-0.05, 0) is 37.5 Å². The highest BCUT2D eigenvalue weighted by molar-refractivity contribution is 5.70. The lowest BCUT2D eigenvalue weighted by Crippen LogP contribution is -2.39. The summed E-state index contributed by atoms with van der Waals surface area (Å²) in [6.45, 7) is 6.14. The molecule has 1 rings (SSSR count). The Morgan fingerprint density at radius 2 is 1.86 bits per heavy atom. The molecule has 0 spiro atoms. The number of methoxy groups -OCH3 is 1. The number of nitrogens with one attached hydrogen (secondary N) is 1. The van der Waals surface area contributed by atoms with E-state index >= 15 is 0 Å². The zero-order chi connectivity index (χ0) is 16.0. The number of aliphatic hydroxyl groups excluding tert-OH is 2. The van der Waals surface area contributed by atoms with Crippen LogP contribution in [-0.4, -0.2) is 42.5 Å². The molecule has 0 amide bonds. The van der Waals surface area contributed by atoms with Crippen molar-refractivity contribution < 1.29 is 19.7 Å². The van der Waals surface area contributed by atoms with Gasteiger partial charge in [0.25, 0.3) is 0 Å². The molecule has 0 aliphatic carbocycles. The van der Waals surface area contributed by atoms with Crippen LogP contribution in [0.4, 0.5) is 0 Å². The molecule has 1 aromatic carbocycles. The molecule has 0 saturated heterocycles. The van der Waals surface area contributed by atoms with E-state index < -0.39 is 18.1 Å². The molecular weight excluding hydrogens is 270 g/mol. The van der Waals surface area contributed by atoms with Gasteiger partial charge < -0.3 is 20.3 Å². The Labute approximate surface area is 125 Å². The quantitative estimate of drug-likeness (QED) is 0.658. The zero-order valence-corrected chi connectivity index (χ0v) is 13.1. The summed E-state index contributed by atoms with van der Waals surface area (Å²) >= 11 is 0. The van der Waals surface area contributed by atoms with E-state index in [-0.39, 0.29) is 13.0 Å². The van der Waals surface area contributed by atoms with Crippen molar-refractivity contribution in [2.24, 2.45) is 0 Å². The fourth-order valence-electron chi connectivity index (χ4n) is 2.67. The molecule has 2 atom stereocenters. The van der Waals surface area contributed by atoms with Crippen LogP contribution >= 0.6 is 0 Å². The van der Waals surface area contributed by atoms with Crippen LogP contribution < -0.4 is 5.32 Å². The van der Waals surface area contributed by atoms with Gasteiger partial charge in [0.05, 0.1) is 26.2 Å². The van der Waals surface area contributed by atoms with Crippen LogP contribution in [0, 0.1) is 20.8 Å². The maximum atomic E-state index is 11.5.